The van der Waals surface area contributed by atoms with Gasteiger partial charge in [0.2, 0.25) is 5.88 Å². The topological polar surface area (TPSA) is 85.3 Å². The second-order valence-corrected chi connectivity index (χ2v) is 9.12. The number of carbonyl (C=O) groups excluding carboxylic acids is 1. The molecule has 4 aromatic rings. The zero-order chi connectivity index (χ0) is 23.1. The number of nitriles is 1. The number of ether oxygens (including phenoxy) is 2. The van der Waals surface area contributed by atoms with Gasteiger partial charge in [0.05, 0.1) is 16.4 Å². The minimum absolute atomic E-state index is 0.0229. The number of benzene rings is 3. The predicted molar refractivity (Wildman–Crippen MR) is 129 cm³/mol. The summed E-state index contributed by atoms with van der Waals surface area (Å²) in [7, 11) is 0. The monoisotopic (exact) mass is 472 g/mol. The molecule has 0 amide bonds. The third-order valence-corrected chi connectivity index (χ3v) is 7.03. The van der Waals surface area contributed by atoms with Crippen LogP contribution in [0.2, 0.25) is 5.02 Å². The Morgan fingerprint density at radius 1 is 1.15 bits per heavy atom. The predicted octanol–water partition coefficient (Wildman–Crippen LogP) is 6.30. The summed E-state index contributed by atoms with van der Waals surface area (Å²) >= 11 is 7.86. The van der Waals surface area contributed by atoms with E-state index in [2.05, 4.69) is 6.07 Å². The Labute approximate surface area is 199 Å². The molecule has 5 nitrogen and oxygen atoms in total. The highest BCUT2D eigenvalue weighted by molar-refractivity contribution is 7.19. The van der Waals surface area contributed by atoms with Crippen molar-refractivity contribution < 1.29 is 14.3 Å². The summed E-state index contributed by atoms with van der Waals surface area (Å²) in [6, 6.07) is 22.2. The molecule has 0 fully saturated rings. The second-order valence-electron chi connectivity index (χ2n) is 7.60. The highest BCUT2D eigenvalue weighted by Crippen LogP contribution is 2.52. The van der Waals surface area contributed by atoms with Gasteiger partial charge in [-0.15, -0.1) is 11.3 Å². The van der Waals surface area contributed by atoms with E-state index in [0.717, 1.165) is 20.5 Å². The van der Waals surface area contributed by atoms with Crippen molar-refractivity contribution in [3.8, 4) is 17.6 Å². The van der Waals surface area contributed by atoms with Gasteiger partial charge < -0.3 is 15.2 Å². The molecule has 7 heteroatoms. The summed E-state index contributed by atoms with van der Waals surface area (Å²) in [4.78, 5) is 13.8. The van der Waals surface area contributed by atoms with Crippen LogP contribution in [0.5, 0.6) is 11.5 Å². The van der Waals surface area contributed by atoms with Gasteiger partial charge in [-0.3, -0.25) is 0 Å². The molecule has 1 atom stereocenters. The quantitative estimate of drug-likeness (QED) is 0.279. The van der Waals surface area contributed by atoms with E-state index in [0.29, 0.717) is 27.6 Å². The van der Waals surface area contributed by atoms with Crippen LogP contribution in [0.3, 0.4) is 0 Å². The van der Waals surface area contributed by atoms with Crippen LogP contribution in [0.1, 0.15) is 32.3 Å². The smallest absolute Gasteiger partial charge is 0.343 e. The number of nitrogens with zero attached hydrogens (tertiary/aromatic N) is 1. The number of allylic oxidation sites excluding steroid dienone is 1. The average molecular weight is 473 g/mol. The molecule has 33 heavy (non-hydrogen) atoms. The van der Waals surface area contributed by atoms with Crippen LogP contribution in [0.4, 0.5) is 0 Å². The minimum atomic E-state index is -0.588. The third kappa shape index (κ3) is 3.62. The Hall–Kier alpha value is -3.79. The number of rotatable bonds is 3. The highest BCUT2D eigenvalue weighted by atomic mass is 35.5. The lowest BCUT2D eigenvalue weighted by atomic mass is 9.87. The number of fused-ring (bicyclic) bond motifs is 3. The molecule has 0 saturated heterocycles. The number of halogens is 1. The first kappa shape index (κ1) is 21.1. The Morgan fingerprint density at radius 2 is 1.91 bits per heavy atom. The molecule has 0 spiro atoms. The van der Waals surface area contributed by atoms with Crippen molar-refractivity contribution in [2.24, 2.45) is 5.73 Å². The second kappa shape index (κ2) is 8.28. The number of hydrogen-bond acceptors (Lipinski definition) is 6. The molecule has 0 radical (unpaired) electrons. The first-order valence-corrected chi connectivity index (χ1v) is 11.3. The van der Waals surface area contributed by atoms with Crippen molar-refractivity contribution in [2.45, 2.75) is 12.8 Å². The average Bonchev–Trinajstić information content (AvgIpc) is 3.17. The summed E-state index contributed by atoms with van der Waals surface area (Å²) < 4.78 is 12.7. The van der Waals surface area contributed by atoms with Crippen molar-refractivity contribution in [3.05, 3.63) is 105 Å². The zero-order valence-corrected chi connectivity index (χ0v) is 19.0. The molecule has 1 unspecified atom stereocenters. The number of thiophene rings is 1. The van der Waals surface area contributed by atoms with E-state index in [1.807, 2.05) is 43.3 Å². The molecular weight excluding hydrogens is 456 g/mol. The lowest BCUT2D eigenvalue weighted by Gasteiger charge is -2.25. The first-order chi connectivity index (χ1) is 16.0. The van der Waals surface area contributed by atoms with Gasteiger partial charge in [0.1, 0.15) is 17.4 Å². The van der Waals surface area contributed by atoms with E-state index < -0.39 is 11.9 Å². The molecule has 0 saturated carbocycles. The largest absolute Gasteiger partial charge is 0.439 e. The van der Waals surface area contributed by atoms with Crippen LogP contribution in [0.25, 0.3) is 10.1 Å². The number of carbonyl (C=O) groups is 1. The molecule has 2 N–H and O–H groups in total. The fraction of sp³-hybridized carbons (Fsp3) is 0.0769. The van der Waals surface area contributed by atoms with Crippen molar-refractivity contribution in [3.63, 3.8) is 0 Å². The van der Waals surface area contributed by atoms with Gasteiger partial charge in [-0.2, -0.15) is 5.26 Å². The van der Waals surface area contributed by atoms with Crippen LogP contribution < -0.4 is 15.2 Å². The maximum absolute atomic E-state index is 13.0. The van der Waals surface area contributed by atoms with Crippen molar-refractivity contribution in [1.29, 1.82) is 5.26 Å². The van der Waals surface area contributed by atoms with Gasteiger partial charge in [-0.25, -0.2) is 4.79 Å². The van der Waals surface area contributed by atoms with Crippen LogP contribution in [0.15, 0.2) is 78.2 Å². The Balaban J connectivity index is 1.68. The zero-order valence-electron chi connectivity index (χ0n) is 17.5. The first-order valence-electron chi connectivity index (χ1n) is 10.1. The molecular formula is C26H17ClN2O3S. The molecule has 1 aliphatic heterocycles. The van der Waals surface area contributed by atoms with Crippen molar-refractivity contribution in [2.75, 3.05) is 0 Å². The molecule has 2 heterocycles. The Kier molecular flexibility index (Phi) is 5.29. The number of aryl methyl sites for hydroxylation is 1. The molecule has 5 rings (SSSR count). The number of esters is 1. The normalized spacial score (nSPS) is 15.0. The third-order valence-electron chi connectivity index (χ3n) is 5.57. The molecule has 0 aliphatic carbocycles. The van der Waals surface area contributed by atoms with Crippen LogP contribution >= 0.6 is 22.9 Å². The van der Waals surface area contributed by atoms with Gasteiger partial charge >= 0.3 is 5.97 Å². The van der Waals surface area contributed by atoms with E-state index in [-0.39, 0.29) is 11.5 Å². The molecule has 1 aromatic heterocycles. The highest BCUT2D eigenvalue weighted by Gasteiger charge is 2.36. The molecule has 162 valence electrons. The van der Waals surface area contributed by atoms with Gasteiger partial charge in [-0.1, -0.05) is 41.9 Å². The summed E-state index contributed by atoms with van der Waals surface area (Å²) in [5.74, 6) is -0.142. The van der Waals surface area contributed by atoms with Crippen molar-refractivity contribution >= 4 is 39.0 Å². The molecule has 3 aromatic carbocycles. The molecule has 1 aliphatic rings. The van der Waals surface area contributed by atoms with E-state index in [1.165, 1.54) is 11.3 Å². The summed E-state index contributed by atoms with van der Waals surface area (Å²) in [6.07, 6.45) is 0. The Morgan fingerprint density at radius 3 is 2.70 bits per heavy atom. The van der Waals surface area contributed by atoms with Crippen molar-refractivity contribution in [1.82, 2.24) is 0 Å². The van der Waals surface area contributed by atoms with E-state index in [1.54, 1.807) is 30.3 Å². The van der Waals surface area contributed by atoms with E-state index in [9.17, 15) is 10.1 Å². The van der Waals surface area contributed by atoms with E-state index in [4.69, 9.17) is 26.8 Å². The van der Waals surface area contributed by atoms with Gasteiger partial charge in [0.25, 0.3) is 0 Å². The minimum Gasteiger partial charge on any atom is -0.439 e. The maximum Gasteiger partial charge on any atom is 0.343 e. The lowest BCUT2D eigenvalue weighted by Crippen LogP contribution is -2.21. The summed E-state index contributed by atoms with van der Waals surface area (Å²) in [5, 5.41) is 11.3. The fourth-order valence-corrected chi connectivity index (χ4v) is 5.43. The van der Waals surface area contributed by atoms with Crippen LogP contribution in [0, 0.1) is 18.3 Å². The number of hydrogen-bond donors (Lipinski definition) is 1. The van der Waals surface area contributed by atoms with E-state index >= 15 is 0 Å². The molecule has 0 bridgehead atoms. The fourth-order valence-electron chi connectivity index (χ4n) is 3.99. The van der Waals surface area contributed by atoms with Crippen LogP contribution in [-0.2, 0) is 0 Å². The lowest BCUT2D eigenvalue weighted by molar-refractivity contribution is 0.0732. The maximum atomic E-state index is 13.0. The summed E-state index contributed by atoms with van der Waals surface area (Å²) in [6.45, 7) is 1.85. The standard InChI is InChI=1S/C26H17ClN2O3S/c1-14-6-2-3-7-16(14)26(30)31-20-11-10-15(27)12-18(20)22-19(13-28)25(29)32-23-17-8-4-5-9-21(17)33-24(22)23/h2-12,22H,29H2,1H3. The van der Waals surface area contributed by atoms with Gasteiger partial charge in [-0.05, 0) is 48.9 Å². The SMILES string of the molecule is Cc1ccccc1C(=O)Oc1ccc(Cl)cc1C1C(C#N)=C(N)Oc2c1sc1ccccc21. The van der Waals surface area contributed by atoms with Gasteiger partial charge in [0, 0.05) is 20.7 Å². The van der Waals surface area contributed by atoms with Gasteiger partial charge in [0.15, 0.2) is 5.75 Å². The number of nitrogens with two attached hydrogens (primary N) is 1. The summed E-state index contributed by atoms with van der Waals surface area (Å²) in [5.41, 5.74) is 8.26. The Bertz CT molecular complexity index is 1500. The van der Waals surface area contributed by atoms with Crippen LogP contribution in [-0.4, -0.2) is 5.97 Å².